The van der Waals surface area contributed by atoms with Crippen LogP contribution in [-0.2, 0) is 24.3 Å². The molecule has 3 aromatic rings. The smallest absolute Gasteiger partial charge is 0.330 e. The number of carbonyl (C=O) groups excluding carboxylic acids is 1. The maximum absolute atomic E-state index is 13.3. The van der Waals surface area contributed by atoms with E-state index in [9.17, 15) is 14.4 Å². The van der Waals surface area contributed by atoms with Crippen LogP contribution >= 0.6 is 0 Å². The molecule has 3 rings (SSSR count). The summed E-state index contributed by atoms with van der Waals surface area (Å²) in [5, 5.41) is 0. The van der Waals surface area contributed by atoms with Crippen LogP contribution in [0.3, 0.4) is 0 Å². The van der Waals surface area contributed by atoms with Crippen molar-refractivity contribution in [3.8, 4) is 0 Å². The second-order valence-corrected chi connectivity index (χ2v) is 7.63. The van der Waals surface area contributed by atoms with E-state index in [4.69, 9.17) is 5.73 Å². The Morgan fingerprint density at radius 1 is 1.03 bits per heavy atom. The Kier molecular flexibility index (Phi) is 7.07. The summed E-state index contributed by atoms with van der Waals surface area (Å²) in [6.45, 7) is 4.52. The monoisotopic (exact) mass is 420 g/mol. The largest absolute Gasteiger partial charge is 0.383 e. The average molecular weight is 421 g/mol. The Hall–Kier alpha value is -3.61. The van der Waals surface area contributed by atoms with Crippen molar-refractivity contribution >= 4 is 17.4 Å². The van der Waals surface area contributed by atoms with Crippen LogP contribution in [0.4, 0.5) is 11.5 Å². The summed E-state index contributed by atoms with van der Waals surface area (Å²) in [5.74, 6) is -0.263. The van der Waals surface area contributed by atoms with Crippen molar-refractivity contribution in [2.24, 2.45) is 0 Å². The lowest BCUT2D eigenvalue weighted by molar-refractivity contribution is -0.118. The lowest BCUT2D eigenvalue weighted by atomic mass is 10.1. The number of rotatable bonds is 8. The number of nitrogens with zero attached hydrogens (tertiary/aromatic N) is 2. The van der Waals surface area contributed by atoms with Crippen molar-refractivity contribution in [2.75, 3.05) is 10.6 Å². The van der Waals surface area contributed by atoms with Crippen molar-refractivity contribution in [3.05, 3.63) is 92.1 Å². The number of anilines is 2. The van der Waals surface area contributed by atoms with Crippen LogP contribution < -0.4 is 21.9 Å². The Labute approximate surface area is 181 Å². The summed E-state index contributed by atoms with van der Waals surface area (Å²) in [6.07, 6.45) is 1.70. The number of unbranched alkanes of at least 4 members (excludes halogenated alkanes) is 1. The predicted molar refractivity (Wildman–Crippen MR) is 123 cm³/mol. The Balaban J connectivity index is 2.05. The van der Waals surface area contributed by atoms with E-state index in [1.165, 1.54) is 9.47 Å². The number of nitrogen functional groups attached to an aromatic ring is 1. The molecule has 1 amide bonds. The van der Waals surface area contributed by atoms with Gasteiger partial charge in [0.05, 0.1) is 13.0 Å². The first-order valence-electron chi connectivity index (χ1n) is 10.4. The molecule has 3 N–H and O–H groups in total. The van der Waals surface area contributed by atoms with Gasteiger partial charge in [0, 0.05) is 6.54 Å². The molecule has 0 aliphatic heterocycles. The van der Waals surface area contributed by atoms with Gasteiger partial charge in [0.25, 0.3) is 5.56 Å². The van der Waals surface area contributed by atoms with Gasteiger partial charge in [-0.1, -0.05) is 73.5 Å². The fourth-order valence-electron chi connectivity index (χ4n) is 3.41. The number of benzene rings is 2. The van der Waals surface area contributed by atoms with E-state index in [2.05, 4.69) is 4.98 Å². The van der Waals surface area contributed by atoms with E-state index in [1.54, 1.807) is 0 Å². The normalized spacial score (nSPS) is 10.8. The summed E-state index contributed by atoms with van der Waals surface area (Å²) in [4.78, 5) is 42.1. The number of hydrogen-bond acceptors (Lipinski definition) is 4. The van der Waals surface area contributed by atoms with Gasteiger partial charge in [0.15, 0.2) is 5.69 Å². The molecule has 0 atom stereocenters. The first-order chi connectivity index (χ1) is 14.9. The highest BCUT2D eigenvalue weighted by atomic mass is 16.2. The van der Waals surface area contributed by atoms with Crippen LogP contribution in [0, 0.1) is 6.92 Å². The van der Waals surface area contributed by atoms with E-state index < -0.39 is 11.2 Å². The van der Waals surface area contributed by atoms with Crippen molar-refractivity contribution in [1.82, 2.24) is 9.55 Å². The summed E-state index contributed by atoms with van der Waals surface area (Å²) in [7, 11) is 0. The van der Waals surface area contributed by atoms with Gasteiger partial charge in [-0.3, -0.25) is 24.0 Å². The van der Waals surface area contributed by atoms with Crippen molar-refractivity contribution in [2.45, 2.75) is 46.2 Å². The van der Waals surface area contributed by atoms with Gasteiger partial charge in [0.1, 0.15) is 5.82 Å². The molecule has 0 saturated heterocycles. The second-order valence-electron chi connectivity index (χ2n) is 7.63. The average Bonchev–Trinajstić information content (AvgIpc) is 2.75. The van der Waals surface area contributed by atoms with Crippen LogP contribution in [0.15, 0.2) is 64.2 Å². The minimum atomic E-state index is -0.663. The third-order valence-corrected chi connectivity index (χ3v) is 5.18. The first-order valence-corrected chi connectivity index (χ1v) is 10.4. The zero-order valence-electron chi connectivity index (χ0n) is 17.9. The van der Waals surface area contributed by atoms with Crippen molar-refractivity contribution in [1.29, 1.82) is 0 Å². The molecule has 0 fully saturated rings. The molecule has 0 aliphatic carbocycles. The SMILES string of the molecule is CCCCn1c(N)c(N(Cc2ccccc2)C(=O)Cc2ccc(C)cc2)c(=O)[nH]c1=O. The summed E-state index contributed by atoms with van der Waals surface area (Å²) in [5.41, 5.74) is 7.85. The lowest BCUT2D eigenvalue weighted by Crippen LogP contribution is -2.41. The molecule has 7 nitrogen and oxygen atoms in total. The predicted octanol–water partition coefficient (Wildman–Crippen LogP) is 3.00. The molecule has 162 valence electrons. The maximum Gasteiger partial charge on any atom is 0.330 e. The molecule has 0 saturated carbocycles. The third-order valence-electron chi connectivity index (χ3n) is 5.18. The Bertz CT molecular complexity index is 1150. The van der Waals surface area contributed by atoms with E-state index >= 15 is 0 Å². The third kappa shape index (κ3) is 5.31. The van der Waals surface area contributed by atoms with Gasteiger partial charge in [-0.2, -0.15) is 0 Å². The van der Waals surface area contributed by atoms with Crippen molar-refractivity contribution < 1.29 is 4.79 Å². The van der Waals surface area contributed by atoms with Crippen molar-refractivity contribution in [3.63, 3.8) is 0 Å². The molecular weight excluding hydrogens is 392 g/mol. The molecule has 2 aromatic carbocycles. The summed E-state index contributed by atoms with van der Waals surface area (Å²) in [6, 6.07) is 17.0. The number of carbonyl (C=O) groups is 1. The minimum Gasteiger partial charge on any atom is -0.383 e. The van der Waals surface area contributed by atoms with Gasteiger partial charge in [-0.15, -0.1) is 0 Å². The molecule has 0 spiro atoms. The highest BCUT2D eigenvalue weighted by Crippen LogP contribution is 2.21. The number of nitrogens with one attached hydrogen (secondary N) is 1. The summed E-state index contributed by atoms with van der Waals surface area (Å²) < 4.78 is 1.33. The number of hydrogen-bond donors (Lipinski definition) is 2. The number of nitrogens with two attached hydrogens (primary N) is 1. The number of aromatic amines is 1. The molecule has 1 aromatic heterocycles. The van der Waals surface area contributed by atoms with E-state index in [-0.39, 0.29) is 30.4 Å². The van der Waals surface area contributed by atoms with Crippen LogP contribution in [-0.4, -0.2) is 15.5 Å². The molecular formula is C24H28N4O3. The maximum atomic E-state index is 13.3. The number of H-pyrrole nitrogens is 1. The highest BCUT2D eigenvalue weighted by Gasteiger charge is 2.24. The van der Waals surface area contributed by atoms with Crippen LogP contribution in [0.1, 0.15) is 36.5 Å². The lowest BCUT2D eigenvalue weighted by Gasteiger charge is -2.25. The van der Waals surface area contributed by atoms with Crippen LogP contribution in [0.5, 0.6) is 0 Å². The Morgan fingerprint density at radius 2 is 1.71 bits per heavy atom. The fourth-order valence-corrected chi connectivity index (χ4v) is 3.41. The second kappa shape index (κ2) is 9.93. The zero-order valence-corrected chi connectivity index (χ0v) is 17.9. The quantitative estimate of drug-likeness (QED) is 0.585. The summed E-state index contributed by atoms with van der Waals surface area (Å²) >= 11 is 0. The van der Waals surface area contributed by atoms with Crippen LogP contribution in [0.2, 0.25) is 0 Å². The highest BCUT2D eigenvalue weighted by molar-refractivity contribution is 5.96. The standard InChI is InChI=1S/C24H28N4O3/c1-3-4-14-27-22(25)21(23(30)26-24(27)31)28(16-19-8-6-5-7-9-19)20(29)15-18-12-10-17(2)11-13-18/h5-13H,3-4,14-16,25H2,1-2H3,(H,26,30,31). The van der Waals surface area contributed by atoms with E-state index in [1.807, 2.05) is 68.4 Å². The molecule has 0 aliphatic rings. The first kappa shape index (κ1) is 22.1. The molecule has 31 heavy (non-hydrogen) atoms. The number of aryl methyl sites for hydroxylation is 1. The van der Waals surface area contributed by atoms with E-state index in [0.717, 1.165) is 29.5 Å². The van der Waals surface area contributed by atoms with Gasteiger partial charge in [-0.25, -0.2) is 4.79 Å². The minimum absolute atomic E-state index is 0.00962. The molecule has 7 heteroatoms. The van der Waals surface area contributed by atoms with Gasteiger partial charge >= 0.3 is 5.69 Å². The molecule has 0 radical (unpaired) electrons. The van der Waals surface area contributed by atoms with Gasteiger partial charge in [0.2, 0.25) is 5.91 Å². The fraction of sp³-hybridized carbons (Fsp3) is 0.292. The van der Waals surface area contributed by atoms with E-state index in [0.29, 0.717) is 6.54 Å². The molecule has 1 heterocycles. The Morgan fingerprint density at radius 3 is 2.35 bits per heavy atom. The number of aromatic nitrogens is 2. The topological polar surface area (TPSA) is 101 Å². The van der Waals surface area contributed by atoms with Gasteiger partial charge in [-0.05, 0) is 24.5 Å². The molecule has 0 unspecified atom stereocenters. The van der Waals surface area contributed by atoms with Gasteiger partial charge < -0.3 is 5.73 Å². The number of amides is 1. The van der Waals surface area contributed by atoms with Crippen LogP contribution in [0.25, 0.3) is 0 Å². The molecule has 0 bridgehead atoms. The zero-order chi connectivity index (χ0) is 22.4.